The predicted octanol–water partition coefficient (Wildman–Crippen LogP) is 0.972. The van der Waals surface area contributed by atoms with E-state index in [4.69, 9.17) is 4.74 Å². The first kappa shape index (κ1) is 12.4. The first-order valence-corrected chi connectivity index (χ1v) is 7.48. The molecule has 0 spiro atoms. The lowest BCUT2D eigenvalue weighted by atomic mass is 10.2. The van der Waals surface area contributed by atoms with Crippen molar-refractivity contribution in [1.29, 1.82) is 0 Å². The molecule has 1 aromatic carbocycles. The average molecular weight is 255 g/mol. The Morgan fingerprint density at radius 1 is 1.41 bits per heavy atom. The first-order valence-electron chi connectivity index (χ1n) is 5.66. The molecule has 5 heteroatoms. The summed E-state index contributed by atoms with van der Waals surface area (Å²) in [5.41, 5.74) is 1.05. The molecule has 1 saturated heterocycles. The summed E-state index contributed by atoms with van der Waals surface area (Å²) in [6.07, 6.45) is 0.706. The molecule has 0 bridgehead atoms. The minimum Gasteiger partial charge on any atom is -0.496 e. The molecule has 0 radical (unpaired) electrons. The largest absolute Gasteiger partial charge is 0.496 e. The highest BCUT2D eigenvalue weighted by Crippen LogP contribution is 2.18. The highest BCUT2D eigenvalue weighted by atomic mass is 32.2. The number of para-hydroxylation sites is 1. The molecular formula is C12H17NO3S. The smallest absolute Gasteiger partial charge is 0.151 e. The molecule has 94 valence electrons. The molecule has 0 amide bonds. The summed E-state index contributed by atoms with van der Waals surface area (Å²) >= 11 is 0. The van der Waals surface area contributed by atoms with Crippen LogP contribution in [0.1, 0.15) is 12.0 Å². The lowest BCUT2D eigenvalue weighted by Crippen LogP contribution is -2.29. The van der Waals surface area contributed by atoms with E-state index in [9.17, 15) is 8.42 Å². The van der Waals surface area contributed by atoms with E-state index in [1.54, 1.807) is 7.11 Å². The van der Waals surface area contributed by atoms with Gasteiger partial charge < -0.3 is 10.1 Å². The molecule has 4 nitrogen and oxygen atoms in total. The van der Waals surface area contributed by atoms with Crippen LogP contribution in [0.5, 0.6) is 5.75 Å². The van der Waals surface area contributed by atoms with Crippen molar-refractivity contribution >= 4 is 9.84 Å². The van der Waals surface area contributed by atoms with E-state index in [0.717, 1.165) is 11.3 Å². The molecule has 0 aromatic heterocycles. The lowest BCUT2D eigenvalue weighted by Gasteiger charge is -2.13. The van der Waals surface area contributed by atoms with Gasteiger partial charge in [0.05, 0.1) is 18.6 Å². The van der Waals surface area contributed by atoms with Crippen molar-refractivity contribution in [2.45, 2.75) is 19.0 Å². The standard InChI is InChI=1S/C12H17NO3S/c1-16-12-5-3-2-4-10(12)8-13-11-6-7-17(14,15)9-11/h2-5,11,13H,6-9H2,1H3. The molecule has 1 aromatic rings. The van der Waals surface area contributed by atoms with Crippen LogP contribution in [0.2, 0.25) is 0 Å². The maximum Gasteiger partial charge on any atom is 0.151 e. The molecular weight excluding hydrogens is 238 g/mol. The maximum absolute atomic E-state index is 11.3. The second-order valence-corrected chi connectivity index (χ2v) is 6.52. The number of benzene rings is 1. The van der Waals surface area contributed by atoms with Crippen LogP contribution < -0.4 is 10.1 Å². The van der Waals surface area contributed by atoms with E-state index in [2.05, 4.69) is 5.32 Å². The van der Waals surface area contributed by atoms with Gasteiger partial charge in [-0.05, 0) is 12.5 Å². The van der Waals surface area contributed by atoms with Crippen molar-refractivity contribution in [3.8, 4) is 5.75 Å². The predicted molar refractivity (Wildman–Crippen MR) is 66.9 cm³/mol. The molecule has 17 heavy (non-hydrogen) atoms. The van der Waals surface area contributed by atoms with Gasteiger partial charge in [0.2, 0.25) is 0 Å². The van der Waals surface area contributed by atoms with Crippen LogP contribution in [0, 0.1) is 0 Å². The molecule has 1 fully saturated rings. The Labute approximate surface area is 102 Å². The summed E-state index contributed by atoms with van der Waals surface area (Å²) in [4.78, 5) is 0. The topological polar surface area (TPSA) is 55.4 Å². The highest BCUT2D eigenvalue weighted by molar-refractivity contribution is 7.91. The molecule has 1 aliphatic rings. The molecule has 1 heterocycles. The number of rotatable bonds is 4. The SMILES string of the molecule is COc1ccccc1CNC1CCS(=O)(=O)C1. The van der Waals surface area contributed by atoms with Gasteiger partial charge >= 0.3 is 0 Å². The fourth-order valence-corrected chi connectivity index (χ4v) is 3.77. The third-order valence-electron chi connectivity index (χ3n) is 3.01. The van der Waals surface area contributed by atoms with Crippen molar-refractivity contribution in [3.63, 3.8) is 0 Å². The van der Waals surface area contributed by atoms with E-state index < -0.39 is 9.84 Å². The summed E-state index contributed by atoms with van der Waals surface area (Å²) in [6.45, 7) is 0.643. The molecule has 1 unspecified atom stereocenters. The number of sulfone groups is 1. The van der Waals surface area contributed by atoms with Crippen LogP contribution in [0.25, 0.3) is 0 Å². The summed E-state index contributed by atoms with van der Waals surface area (Å²) in [7, 11) is -1.17. The first-order chi connectivity index (χ1) is 8.11. The summed E-state index contributed by atoms with van der Waals surface area (Å²) in [5.74, 6) is 1.39. The Morgan fingerprint density at radius 2 is 2.18 bits per heavy atom. The zero-order valence-electron chi connectivity index (χ0n) is 9.85. The summed E-state index contributed by atoms with van der Waals surface area (Å²) in [6, 6.07) is 7.83. The maximum atomic E-state index is 11.3. The summed E-state index contributed by atoms with van der Waals surface area (Å²) < 4.78 is 27.9. The molecule has 2 rings (SSSR count). The second kappa shape index (κ2) is 5.06. The van der Waals surface area contributed by atoms with E-state index in [0.29, 0.717) is 18.7 Å². The van der Waals surface area contributed by atoms with Crippen molar-refractivity contribution in [1.82, 2.24) is 5.32 Å². The van der Waals surface area contributed by atoms with Crippen LogP contribution in [-0.2, 0) is 16.4 Å². The van der Waals surface area contributed by atoms with Crippen molar-refractivity contribution < 1.29 is 13.2 Å². The van der Waals surface area contributed by atoms with Crippen molar-refractivity contribution in [2.75, 3.05) is 18.6 Å². The van der Waals surface area contributed by atoms with Crippen molar-refractivity contribution in [3.05, 3.63) is 29.8 Å². The Balaban J connectivity index is 1.94. The van der Waals surface area contributed by atoms with Crippen molar-refractivity contribution in [2.24, 2.45) is 0 Å². The van der Waals surface area contributed by atoms with Gasteiger partial charge in [0, 0.05) is 18.2 Å². The summed E-state index contributed by atoms with van der Waals surface area (Å²) in [5, 5.41) is 3.27. The van der Waals surface area contributed by atoms with Crippen LogP contribution >= 0.6 is 0 Å². The van der Waals surface area contributed by atoms with Gasteiger partial charge in [-0.2, -0.15) is 0 Å². The van der Waals surface area contributed by atoms with Gasteiger partial charge in [0.15, 0.2) is 9.84 Å². The number of nitrogens with one attached hydrogen (secondary N) is 1. The van der Waals surface area contributed by atoms with Gasteiger partial charge in [-0.1, -0.05) is 18.2 Å². The Kier molecular flexibility index (Phi) is 3.69. The number of ether oxygens (including phenoxy) is 1. The van der Waals surface area contributed by atoms with E-state index >= 15 is 0 Å². The van der Waals surface area contributed by atoms with Gasteiger partial charge in [-0.25, -0.2) is 8.42 Å². The fourth-order valence-electron chi connectivity index (χ4n) is 2.06. The monoisotopic (exact) mass is 255 g/mol. The van der Waals surface area contributed by atoms with Gasteiger partial charge in [-0.15, -0.1) is 0 Å². The Hall–Kier alpha value is -1.07. The number of hydrogen-bond donors (Lipinski definition) is 1. The second-order valence-electron chi connectivity index (χ2n) is 4.29. The van der Waals surface area contributed by atoms with Crippen LogP contribution in [0.15, 0.2) is 24.3 Å². The average Bonchev–Trinajstić information content (AvgIpc) is 2.67. The lowest BCUT2D eigenvalue weighted by molar-refractivity contribution is 0.406. The van der Waals surface area contributed by atoms with E-state index in [1.807, 2.05) is 24.3 Å². The highest BCUT2D eigenvalue weighted by Gasteiger charge is 2.27. The molecule has 1 atom stereocenters. The molecule has 1 N–H and O–H groups in total. The van der Waals surface area contributed by atoms with Gasteiger partial charge in [0.1, 0.15) is 5.75 Å². The molecule has 0 aliphatic carbocycles. The minimum atomic E-state index is -2.81. The molecule has 0 saturated carbocycles. The zero-order chi connectivity index (χ0) is 12.3. The zero-order valence-corrected chi connectivity index (χ0v) is 10.7. The third-order valence-corrected chi connectivity index (χ3v) is 4.77. The quantitative estimate of drug-likeness (QED) is 0.871. The van der Waals surface area contributed by atoms with E-state index in [1.165, 1.54) is 0 Å². The van der Waals surface area contributed by atoms with Gasteiger partial charge in [0.25, 0.3) is 0 Å². The normalized spacial score (nSPS) is 22.5. The van der Waals surface area contributed by atoms with Crippen LogP contribution in [0.4, 0.5) is 0 Å². The Bertz CT molecular complexity index is 484. The van der Waals surface area contributed by atoms with Crippen LogP contribution in [0.3, 0.4) is 0 Å². The minimum absolute atomic E-state index is 0.0740. The van der Waals surface area contributed by atoms with Gasteiger partial charge in [-0.3, -0.25) is 0 Å². The molecule has 1 aliphatic heterocycles. The van der Waals surface area contributed by atoms with E-state index in [-0.39, 0.29) is 11.8 Å². The van der Waals surface area contributed by atoms with Crippen LogP contribution in [-0.4, -0.2) is 33.1 Å². The fraction of sp³-hybridized carbons (Fsp3) is 0.500. The Morgan fingerprint density at radius 3 is 2.82 bits per heavy atom. The number of methoxy groups -OCH3 is 1. The third kappa shape index (κ3) is 3.20. The number of hydrogen-bond acceptors (Lipinski definition) is 4.